The van der Waals surface area contributed by atoms with Gasteiger partial charge >= 0.3 is 0 Å². The summed E-state index contributed by atoms with van der Waals surface area (Å²) in [6.45, 7) is 4.61. The van der Waals surface area contributed by atoms with E-state index in [1.54, 1.807) is 0 Å². The van der Waals surface area contributed by atoms with Gasteiger partial charge in [0.2, 0.25) is 5.91 Å². The van der Waals surface area contributed by atoms with Crippen LogP contribution in [0.2, 0.25) is 0 Å². The van der Waals surface area contributed by atoms with Crippen LogP contribution < -0.4 is 11.1 Å². The Morgan fingerprint density at radius 3 is 2.55 bits per heavy atom. The minimum Gasteiger partial charge on any atom is -0.396 e. The Labute approximate surface area is 121 Å². The predicted octanol–water partition coefficient (Wildman–Crippen LogP) is 1.64. The second kappa shape index (κ2) is 8.72. The maximum absolute atomic E-state index is 12.0. The highest BCUT2D eigenvalue weighted by Gasteiger charge is 2.20. The van der Waals surface area contributed by atoms with Gasteiger partial charge in [-0.2, -0.15) is 0 Å². The molecule has 0 heterocycles. The van der Waals surface area contributed by atoms with Gasteiger partial charge in [-0.3, -0.25) is 4.79 Å². The molecule has 1 aromatic rings. The molecule has 0 radical (unpaired) electrons. The molecule has 4 nitrogen and oxygen atoms in total. The van der Waals surface area contributed by atoms with Crippen molar-refractivity contribution < 1.29 is 9.90 Å². The fourth-order valence-corrected chi connectivity index (χ4v) is 2.12. The Bertz CT molecular complexity index is 395. The van der Waals surface area contributed by atoms with E-state index in [9.17, 15) is 4.79 Å². The topological polar surface area (TPSA) is 75.4 Å². The molecule has 4 heteroatoms. The molecule has 0 aliphatic carbocycles. The number of aliphatic hydroxyl groups is 1. The zero-order valence-corrected chi connectivity index (χ0v) is 12.4. The lowest BCUT2D eigenvalue weighted by Gasteiger charge is -2.21. The number of hydrogen-bond donors (Lipinski definition) is 3. The van der Waals surface area contributed by atoms with Crippen molar-refractivity contribution in [1.82, 2.24) is 5.32 Å². The normalized spacial score (nSPS) is 15.4. The minimum atomic E-state index is -0.467. The Hall–Kier alpha value is -1.39. The largest absolute Gasteiger partial charge is 0.396 e. The summed E-state index contributed by atoms with van der Waals surface area (Å²) in [7, 11) is 0. The third kappa shape index (κ3) is 4.94. The molecule has 3 atom stereocenters. The molecule has 1 aromatic carbocycles. The Balaban J connectivity index is 2.57. The highest BCUT2D eigenvalue weighted by Crippen LogP contribution is 2.18. The lowest BCUT2D eigenvalue weighted by molar-refractivity contribution is -0.123. The SMILES string of the molecule is CCC(C)C(N)C(=O)NCC(CCO)c1ccccc1. The average Bonchev–Trinajstić information content (AvgIpc) is 2.50. The van der Waals surface area contributed by atoms with Crippen molar-refractivity contribution in [2.75, 3.05) is 13.2 Å². The van der Waals surface area contributed by atoms with Crippen molar-refractivity contribution in [3.63, 3.8) is 0 Å². The van der Waals surface area contributed by atoms with E-state index in [1.807, 2.05) is 44.2 Å². The number of carbonyl (C=O) groups excluding carboxylic acids is 1. The molecule has 4 N–H and O–H groups in total. The molecule has 0 aromatic heterocycles. The molecular weight excluding hydrogens is 252 g/mol. The number of benzene rings is 1. The second-order valence-electron chi connectivity index (χ2n) is 5.28. The van der Waals surface area contributed by atoms with Crippen LogP contribution in [0, 0.1) is 5.92 Å². The number of carbonyl (C=O) groups is 1. The van der Waals surface area contributed by atoms with Gasteiger partial charge in [-0.25, -0.2) is 0 Å². The fourth-order valence-electron chi connectivity index (χ4n) is 2.12. The van der Waals surface area contributed by atoms with E-state index in [1.165, 1.54) is 0 Å². The molecule has 20 heavy (non-hydrogen) atoms. The highest BCUT2D eigenvalue weighted by molar-refractivity contribution is 5.81. The monoisotopic (exact) mass is 278 g/mol. The Morgan fingerprint density at radius 2 is 2.00 bits per heavy atom. The summed E-state index contributed by atoms with van der Waals surface area (Å²) in [5, 5.41) is 12.1. The van der Waals surface area contributed by atoms with Gasteiger partial charge < -0.3 is 16.2 Å². The van der Waals surface area contributed by atoms with Crippen LogP contribution in [0.25, 0.3) is 0 Å². The molecule has 0 saturated carbocycles. The molecule has 0 bridgehead atoms. The van der Waals surface area contributed by atoms with E-state index in [2.05, 4.69) is 5.32 Å². The van der Waals surface area contributed by atoms with Crippen molar-refractivity contribution in [3.05, 3.63) is 35.9 Å². The third-order valence-electron chi connectivity index (χ3n) is 3.83. The van der Waals surface area contributed by atoms with E-state index in [0.717, 1.165) is 12.0 Å². The summed E-state index contributed by atoms with van der Waals surface area (Å²) in [5.74, 6) is 0.176. The third-order valence-corrected chi connectivity index (χ3v) is 3.83. The maximum Gasteiger partial charge on any atom is 0.237 e. The van der Waals surface area contributed by atoms with E-state index < -0.39 is 6.04 Å². The Morgan fingerprint density at radius 1 is 1.35 bits per heavy atom. The van der Waals surface area contributed by atoms with Crippen LogP contribution in [-0.2, 0) is 4.79 Å². The van der Waals surface area contributed by atoms with Crippen LogP contribution in [0.15, 0.2) is 30.3 Å². The first-order valence-electron chi connectivity index (χ1n) is 7.29. The van der Waals surface area contributed by atoms with Crippen molar-refractivity contribution in [3.8, 4) is 0 Å². The van der Waals surface area contributed by atoms with Crippen molar-refractivity contribution in [2.24, 2.45) is 11.7 Å². The van der Waals surface area contributed by atoms with Gasteiger partial charge in [0, 0.05) is 19.1 Å². The first-order chi connectivity index (χ1) is 9.60. The lowest BCUT2D eigenvalue weighted by Crippen LogP contribution is -2.45. The molecule has 0 saturated heterocycles. The average molecular weight is 278 g/mol. The number of aliphatic hydroxyl groups excluding tert-OH is 1. The highest BCUT2D eigenvalue weighted by atomic mass is 16.3. The van der Waals surface area contributed by atoms with Crippen LogP contribution in [-0.4, -0.2) is 30.2 Å². The van der Waals surface area contributed by atoms with Gasteiger partial charge in [-0.1, -0.05) is 50.6 Å². The fraction of sp³-hybridized carbons (Fsp3) is 0.562. The van der Waals surface area contributed by atoms with E-state index in [-0.39, 0.29) is 24.3 Å². The Kier molecular flexibility index (Phi) is 7.26. The zero-order valence-electron chi connectivity index (χ0n) is 12.4. The summed E-state index contributed by atoms with van der Waals surface area (Å²) in [5.41, 5.74) is 7.03. The predicted molar refractivity (Wildman–Crippen MR) is 81.3 cm³/mol. The number of hydrogen-bond acceptors (Lipinski definition) is 3. The lowest BCUT2D eigenvalue weighted by atomic mass is 9.95. The van der Waals surface area contributed by atoms with E-state index in [4.69, 9.17) is 10.8 Å². The molecule has 0 aliphatic heterocycles. The molecule has 3 unspecified atom stereocenters. The molecule has 112 valence electrons. The summed E-state index contributed by atoms with van der Waals surface area (Å²) in [4.78, 5) is 12.0. The van der Waals surface area contributed by atoms with Crippen LogP contribution >= 0.6 is 0 Å². The number of amides is 1. The van der Waals surface area contributed by atoms with Gasteiger partial charge in [0.15, 0.2) is 0 Å². The van der Waals surface area contributed by atoms with E-state index >= 15 is 0 Å². The molecule has 0 spiro atoms. The van der Waals surface area contributed by atoms with Gasteiger partial charge in [0.05, 0.1) is 6.04 Å². The van der Waals surface area contributed by atoms with Crippen LogP contribution in [0.5, 0.6) is 0 Å². The van der Waals surface area contributed by atoms with Gasteiger partial charge in [0.1, 0.15) is 0 Å². The van der Waals surface area contributed by atoms with Crippen LogP contribution in [0.4, 0.5) is 0 Å². The first-order valence-corrected chi connectivity index (χ1v) is 7.29. The minimum absolute atomic E-state index is 0.104. The van der Waals surface area contributed by atoms with Gasteiger partial charge in [-0.15, -0.1) is 0 Å². The molecule has 1 amide bonds. The molecule has 0 fully saturated rings. The molecule has 1 rings (SSSR count). The second-order valence-corrected chi connectivity index (χ2v) is 5.28. The molecular formula is C16H26N2O2. The quantitative estimate of drug-likeness (QED) is 0.676. The van der Waals surface area contributed by atoms with Gasteiger partial charge in [0.25, 0.3) is 0 Å². The van der Waals surface area contributed by atoms with Crippen LogP contribution in [0.1, 0.15) is 38.2 Å². The summed E-state index contributed by atoms with van der Waals surface area (Å²) < 4.78 is 0. The maximum atomic E-state index is 12.0. The number of rotatable bonds is 8. The van der Waals surface area contributed by atoms with Crippen molar-refractivity contribution in [2.45, 2.75) is 38.6 Å². The summed E-state index contributed by atoms with van der Waals surface area (Å²) >= 11 is 0. The molecule has 0 aliphatic rings. The summed E-state index contributed by atoms with van der Waals surface area (Å²) in [6, 6.07) is 9.45. The van der Waals surface area contributed by atoms with Crippen molar-refractivity contribution >= 4 is 5.91 Å². The van der Waals surface area contributed by atoms with Gasteiger partial charge in [-0.05, 0) is 17.9 Å². The summed E-state index contributed by atoms with van der Waals surface area (Å²) in [6.07, 6.45) is 1.51. The number of nitrogens with two attached hydrogens (primary N) is 1. The van der Waals surface area contributed by atoms with E-state index in [0.29, 0.717) is 13.0 Å². The van der Waals surface area contributed by atoms with Crippen LogP contribution in [0.3, 0.4) is 0 Å². The number of nitrogens with one attached hydrogen (secondary N) is 1. The first kappa shape index (κ1) is 16.7. The van der Waals surface area contributed by atoms with Crippen molar-refractivity contribution in [1.29, 1.82) is 0 Å². The standard InChI is InChI=1S/C16H26N2O2/c1-3-12(2)15(17)16(20)18-11-14(9-10-19)13-7-5-4-6-8-13/h4-8,12,14-15,19H,3,9-11,17H2,1-2H3,(H,18,20). The smallest absolute Gasteiger partial charge is 0.237 e. The zero-order chi connectivity index (χ0) is 15.0.